The van der Waals surface area contributed by atoms with Gasteiger partial charge in [0.1, 0.15) is 0 Å². The van der Waals surface area contributed by atoms with Crippen LogP contribution in [-0.4, -0.2) is 10.8 Å². The number of nitrogens with one attached hydrogen (secondary N) is 1. The third-order valence-electron chi connectivity index (χ3n) is 2.28. The molecule has 0 aliphatic heterocycles. The van der Waals surface area contributed by atoms with E-state index in [1.54, 1.807) is 30.3 Å². The monoisotopic (exact) mass is 221 g/mol. The lowest BCUT2D eigenvalue weighted by atomic mass is 10.0. The highest BCUT2D eigenvalue weighted by Crippen LogP contribution is 2.23. The topological polar surface area (TPSA) is 32.9 Å². The molecule has 2 nitrogen and oxygen atoms in total. The summed E-state index contributed by atoms with van der Waals surface area (Å²) in [4.78, 5) is 14.3. The van der Waals surface area contributed by atoms with Crippen molar-refractivity contribution in [3.05, 3.63) is 59.4 Å². The summed E-state index contributed by atoms with van der Waals surface area (Å²) in [5.41, 5.74) is 0.110. The van der Waals surface area contributed by atoms with Crippen molar-refractivity contribution in [1.82, 2.24) is 4.98 Å². The van der Waals surface area contributed by atoms with E-state index in [1.807, 2.05) is 0 Å². The van der Waals surface area contributed by atoms with E-state index in [2.05, 4.69) is 4.98 Å². The van der Waals surface area contributed by atoms with E-state index in [-0.39, 0.29) is 11.3 Å². The Morgan fingerprint density at radius 2 is 1.81 bits per heavy atom. The summed E-state index contributed by atoms with van der Waals surface area (Å²) >= 11 is 0. The minimum Gasteiger partial charge on any atom is -0.360 e. The van der Waals surface area contributed by atoms with Crippen molar-refractivity contribution in [3.63, 3.8) is 0 Å². The average Bonchev–Trinajstić information content (AvgIpc) is 2.78. The summed E-state index contributed by atoms with van der Waals surface area (Å²) in [6.45, 7) is 0. The second-order valence-electron chi connectivity index (χ2n) is 3.30. The molecule has 4 heteroatoms. The standard InChI is InChI=1S/C12H9F2NO/c13-12(14)10-9(6-7-15-10)11(16)8-4-2-1-3-5-8/h1-7,12,15H. The lowest BCUT2D eigenvalue weighted by molar-refractivity contribution is 0.102. The molecule has 0 saturated heterocycles. The molecule has 16 heavy (non-hydrogen) atoms. The maximum Gasteiger partial charge on any atom is 0.278 e. The average molecular weight is 221 g/mol. The Kier molecular flexibility index (Phi) is 2.81. The zero-order valence-corrected chi connectivity index (χ0v) is 8.28. The van der Waals surface area contributed by atoms with Gasteiger partial charge in [-0.15, -0.1) is 0 Å². The molecule has 0 bridgehead atoms. The first kappa shape index (κ1) is 10.5. The molecule has 0 unspecified atom stereocenters. The summed E-state index contributed by atoms with van der Waals surface area (Å²) in [7, 11) is 0. The third kappa shape index (κ3) is 1.86. The van der Waals surface area contributed by atoms with Crippen molar-refractivity contribution in [3.8, 4) is 0 Å². The van der Waals surface area contributed by atoms with Crippen LogP contribution in [0.3, 0.4) is 0 Å². The highest BCUT2D eigenvalue weighted by atomic mass is 19.3. The molecule has 0 fully saturated rings. The van der Waals surface area contributed by atoms with E-state index in [4.69, 9.17) is 0 Å². The first-order valence-electron chi connectivity index (χ1n) is 4.75. The minimum atomic E-state index is -2.67. The van der Waals surface area contributed by atoms with Gasteiger partial charge in [-0.3, -0.25) is 4.79 Å². The van der Waals surface area contributed by atoms with Gasteiger partial charge < -0.3 is 4.98 Å². The van der Waals surface area contributed by atoms with Gasteiger partial charge >= 0.3 is 0 Å². The van der Waals surface area contributed by atoms with Crippen LogP contribution < -0.4 is 0 Å². The number of alkyl halides is 2. The maximum atomic E-state index is 12.6. The normalized spacial score (nSPS) is 10.7. The summed E-state index contributed by atoms with van der Waals surface area (Å²) in [6, 6.07) is 9.73. The molecule has 1 aromatic heterocycles. The van der Waals surface area contributed by atoms with Crippen molar-refractivity contribution >= 4 is 5.78 Å². The van der Waals surface area contributed by atoms with E-state index < -0.39 is 12.2 Å². The molecule has 1 heterocycles. The van der Waals surface area contributed by atoms with Crippen LogP contribution >= 0.6 is 0 Å². The number of benzene rings is 1. The van der Waals surface area contributed by atoms with Crippen LogP contribution in [-0.2, 0) is 0 Å². The smallest absolute Gasteiger partial charge is 0.278 e. The molecule has 1 aromatic carbocycles. The van der Waals surface area contributed by atoms with Crippen LogP contribution in [0, 0.1) is 0 Å². The van der Waals surface area contributed by atoms with Crippen LogP contribution in [0.25, 0.3) is 0 Å². The van der Waals surface area contributed by atoms with Crippen LogP contribution in [0.1, 0.15) is 28.0 Å². The second kappa shape index (κ2) is 4.26. The molecular weight excluding hydrogens is 212 g/mol. The molecule has 0 aliphatic carbocycles. The zero-order valence-electron chi connectivity index (χ0n) is 8.28. The van der Waals surface area contributed by atoms with E-state index in [1.165, 1.54) is 12.3 Å². The number of hydrogen-bond acceptors (Lipinski definition) is 1. The fourth-order valence-corrected chi connectivity index (χ4v) is 1.51. The molecule has 0 saturated carbocycles. The zero-order chi connectivity index (χ0) is 11.5. The van der Waals surface area contributed by atoms with Gasteiger partial charge in [-0.1, -0.05) is 30.3 Å². The van der Waals surface area contributed by atoms with Crippen LogP contribution in [0.15, 0.2) is 42.6 Å². The van der Waals surface area contributed by atoms with E-state index in [0.717, 1.165) is 0 Å². The third-order valence-corrected chi connectivity index (χ3v) is 2.28. The van der Waals surface area contributed by atoms with Gasteiger partial charge in [-0.25, -0.2) is 8.78 Å². The summed E-state index contributed by atoms with van der Waals surface area (Å²) < 4.78 is 25.1. The molecule has 0 amide bonds. The van der Waals surface area contributed by atoms with Crippen molar-refractivity contribution in [2.24, 2.45) is 0 Å². The number of rotatable bonds is 3. The van der Waals surface area contributed by atoms with Gasteiger partial charge in [0.2, 0.25) is 0 Å². The van der Waals surface area contributed by atoms with E-state index in [0.29, 0.717) is 5.56 Å². The number of halogens is 2. The largest absolute Gasteiger partial charge is 0.360 e. The van der Waals surface area contributed by atoms with Gasteiger partial charge in [0.15, 0.2) is 5.78 Å². The first-order valence-corrected chi connectivity index (χ1v) is 4.75. The Morgan fingerprint density at radius 3 is 2.44 bits per heavy atom. The summed E-state index contributed by atoms with van der Waals surface area (Å²) in [6.07, 6.45) is -1.32. The number of ketones is 1. The number of aromatic amines is 1. The first-order chi connectivity index (χ1) is 7.70. The van der Waals surface area contributed by atoms with Crippen molar-refractivity contribution < 1.29 is 13.6 Å². The Morgan fingerprint density at radius 1 is 1.12 bits per heavy atom. The molecule has 0 radical (unpaired) electrons. The quantitative estimate of drug-likeness (QED) is 0.793. The predicted octanol–water partition coefficient (Wildman–Crippen LogP) is 3.18. The Balaban J connectivity index is 2.39. The van der Waals surface area contributed by atoms with Gasteiger partial charge in [-0.2, -0.15) is 0 Å². The fourth-order valence-electron chi connectivity index (χ4n) is 1.51. The molecule has 1 N–H and O–H groups in total. The van der Waals surface area contributed by atoms with Gasteiger partial charge in [0, 0.05) is 17.3 Å². The van der Waals surface area contributed by atoms with E-state index in [9.17, 15) is 13.6 Å². The van der Waals surface area contributed by atoms with Crippen molar-refractivity contribution in [1.29, 1.82) is 0 Å². The van der Waals surface area contributed by atoms with Crippen LogP contribution in [0.4, 0.5) is 8.78 Å². The molecule has 0 aliphatic rings. The summed E-state index contributed by atoms with van der Waals surface area (Å²) in [5, 5.41) is 0. The van der Waals surface area contributed by atoms with Crippen molar-refractivity contribution in [2.45, 2.75) is 6.43 Å². The van der Waals surface area contributed by atoms with Gasteiger partial charge in [-0.05, 0) is 6.07 Å². The van der Waals surface area contributed by atoms with Crippen LogP contribution in [0.2, 0.25) is 0 Å². The van der Waals surface area contributed by atoms with Crippen molar-refractivity contribution in [2.75, 3.05) is 0 Å². The summed E-state index contributed by atoms with van der Waals surface area (Å²) in [5.74, 6) is -0.392. The number of hydrogen-bond donors (Lipinski definition) is 1. The Bertz CT molecular complexity index is 491. The SMILES string of the molecule is O=C(c1ccccc1)c1cc[nH]c1C(F)F. The molecule has 0 spiro atoms. The number of H-pyrrole nitrogens is 1. The lowest BCUT2D eigenvalue weighted by Gasteiger charge is -2.02. The highest BCUT2D eigenvalue weighted by Gasteiger charge is 2.20. The number of carbonyl (C=O) groups excluding carboxylic acids is 1. The molecule has 82 valence electrons. The molecule has 2 aromatic rings. The van der Waals surface area contributed by atoms with Crippen LogP contribution in [0.5, 0.6) is 0 Å². The molecular formula is C12H9F2NO. The maximum absolute atomic E-state index is 12.6. The fraction of sp³-hybridized carbons (Fsp3) is 0.0833. The minimum absolute atomic E-state index is 0.0289. The molecule has 2 rings (SSSR count). The van der Waals surface area contributed by atoms with Gasteiger partial charge in [0.25, 0.3) is 6.43 Å². The van der Waals surface area contributed by atoms with E-state index >= 15 is 0 Å². The lowest BCUT2D eigenvalue weighted by Crippen LogP contribution is -2.03. The highest BCUT2D eigenvalue weighted by molar-refractivity contribution is 6.09. The van der Waals surface area contributed by atoms with Gasteiger partial charge in [0.05, 0.1) is 5.69 Å². The molecule has 0 atom stereocenters. The predicted molar refractivity (Wildman–Crippen MR) is 55.6 cm³/mol. The Labute approximate surface area is 90.9 Å². The Hall–Kier alpha value is -1.97. The second-order valence-corrected chi connectivity index (χ2v) is 3.30. The number of aromatic nitrogens is 1. The number of carbonyl (C=O) groups is 1.